The molecule has 286 valence electrons. The summed E-state index contributed by atoms with van der Waals surface area (Å²) in [5.41, 5.74) is 9.30. The zero-order chi connectivity index (χ0) is 37.9. The number of hydrogen-bond acceptors (Lipinski definition) is 12. The van der Waals surface area contributed by atoms with E-state index < -0.39 is 23.8 Å². The highest BCUT2D eigenvalue weighted by atomic mass is 16.3. The van der Waals surface area contributed by atoms with E-state index >= 15 is 0 Å². The van der Waals surface area contributed by atoms with Crippen molar-refractivity contribution in [2.75, 3.05) is 70.3 Å². The van der Waals surface area contributed by atoms with Gasteiger partial charge in [0, 0.05) is 57.1 Å². The first-order valence-corrected chi connectivity index (χ1v) is 19.3. The summed E-state index contributed by atoms with van der Waals surface area (Å²) in [4.78, 5) is 65.5. The number of fused-ring (bicyclic) bond motifs is 2. The molecule has 2 aromatic carbocycles. The van der Waals surface area contributed by atoms with Crippen molar-refractivity contribution in [1.29, 1.82) is 5.41 Å². The van der Waals surface area contributed by atoms with Crippen molar-refractivity contribution in [2.45, 2.75) is 51.1 Å². The number of hydrogen-bond donors (Lipinski definition) is 4. The predicted octanol–water partition coefficient (Wildman–Crippen LogP) is 2.28. The Morgan fingerprint density at radius 3 is 2.48 bits per heavy atom. The molecule has 0 spiro atoms. The maximum atomic E-state index is 13.4. The van der Waals surface area contributed by atoms with E-state index in [-0.39, 0.29) is 30.3 Å². The van der Waals surface area contributed by atoms with E-state index in [0.29, 0.717) is 47.3 Å². The molecule has 14 nitrogen and oxygen atoms in total. The van der Waals surface area contributed by atoms with Gasteiger partial charge < -0.3 is 30.9 Å². The number of nitrogens with two attached hydrogens (primary N) is 1. The lowest BCUT2D eigenvalue weighted by molar-refractivity contribution is -0.128. The molecule has 5 heterocycles. The first-order valence-electron chi connectivity index (χ1n) is 19.3. The minimum atomic E-state index is -1.02. The molecule has 0 radical (unpaired) electrons. The second-order valence-electron chi connectivity index (χ2n) is 15.3. The fourth-order valence-corrected chi connectivity index (χ4v) is 8.89. The molecule has 5 aliphatic rings. The average Bonchev–Trinajstić information content (AvgIpc) is 3.74. The number of allylic oxidation sites excluding steroid dienone is 1. The minimum absolute atomic E-state index is 0.0773. The number of nitrogens with zero attached hydrogens (tertiary/aromatic N) is 6. The first-order chi connectivity index (χ1) is 26.1. The third-order valence-corrected chi connectivity index (χ3v) is 11.8. The van der Waals surface area contributed by atoms with Gasteiger partial charge in [-0.15, -0.1) is 0 Å². The number of amides is 4. The number of para-hydroxylation sites is 1. The van der Waals surface area contributed by atoms with Gasteiger partial charge in [-0.25, -0.2) is 0 Å². The highest BCUT2D eigenvalue weighted by Gasteiger charge is 2.43. The van der Waals surface area contributed by atoms with Gasteiger partial charge >= 0.3 is 0 Å². The number of imide groups is 2. The van der Waals surface area contributed by atoms with E-state index in [1.165, 1.54) is 0 Å². The van der Waals surface area contributed by atoms with Crippen molar-refractivity contribution in [1.82, 2.24) is 24.9 Å². The molecular formula is C40H51N9O5. The number of phenolic OH excluding ortho intramolecular Hbond substituents is 1. The summed E-state index contributed by atoms with van der Waals surface area (Å²) < 4.78 is 0. The number of benzene rings is 2. The van der Waals surface area contributed by atoms with Gasteiger partial charge in [0.1, 0.15) is 17.6 Å². The van der Waals surface area contributed by atoms with Gasteiger partial charge in [0.25, 0.3) is 11.8 Å². The molecule has 54 heavy (non-hydrogen) atoms. The molecule has 3 atom stereocenters. The van der Waals surface area contributed by atoms with E-state index in [1.54, 1.807) is 36.4 Å². The number of aromatic hydroxyl groups is 1. The number of amidine groups is 1. The lowest BCUT2D eigenvalue weighted by Gasteiger charge is -2.46. The minimum Gasteiger partial charge on any atom is -0.507 e. The van der Waals surface area contributed by atoms with Crippen LogP contribution in [-0.4, -0.2) is 138 Å². The molecule has 5 aliphatic heterocycles. The van der Waals surface area contributed by atoms with Crippen LogP contribution in [0.4, 0.5) is 5.69 Å². The molecule has 3 saturated heterocycles. The Morgan fingerprint density at radius 1 is 0.981 bits per heavy atom. The summed E-state index contributed by atoms with van der Waals surface area (Å²) in [6, 6.07) is 11.4. The highest BCUT2D eigenvalue weighted by Crippen LogP contribution is 2.33. The number of piperazine rings is 1. The maximum absolute atomic E-state index is 13.4. The molecular weight excluding hydrogens is 686 g/mol. The van der Waals surface area contributed by atoms with Crippen molar-refractivity contribution < 1.29 is 24.3 Å². The standard InChI is InChI=1S/C40H51N9O5/c1-2-5-34(38(52)44-25-50)49-39(53)30-9-8-28(18-32(30)40(49)54)47-15-12-27(23-47)22-45-13-10-26(11-14-45)21-46-16-17-48-29(24-46)20-43-37(42)35(48)19-33(41)31-6-3-4-7-36(31)51/h3-4,6-9,18-19,25-27,29,34,41,51H,2,5,10-17,20-24H2,1H3,(H2,42,43)(H,44,50,52)/b35-19+,41-33?. The van der Waals surface area contributed by atoms with Crippen LogP contribution in [0.25, 0.3) is 0 Å². The number of rotatable bonds is 12. The molecule has 0 saturated carbocycles. The van der Waals surface area contributed by atoms with Crippen LogP contribution in [0.1, 0.15) is 65.3 Å². The zero-order valence-electron chi connectivity index (χ0n) is 31.0. The third-order valence-electron chi connectivity index (χ3n) is 11.8. The fraction of sp³-hybridized carbons (Fsp3) is 0.500. The number of likely N-dealkylation sites (tertiary alicyclic amines) is 1. The van der Waals surface area contributed by atoms with Crippen LogP contribution >= 0.6 is 0 Å². The summed E-state index contributed by atoms with van der Waals surface area (Å²) in [6.45, 7) is 11.2. The maximum Gasteiger partial charge on any atom is 0.262 e. The Balaban J connectivity index is 0.880. The second-order valence-corrected chi connectivity index (χ2v) is 15.3. The van der Waals surface area contributed by atoms with Crippen molar-refractivity contribution in [3.05, 3.63) is 70.9 Å². The molecule has 3 fully saturated rings. The number of carbonyl (C=O) groups is 4. The third kappa shape index (κ3) is 7.62. The molecule has 2 aromatic rings. The van der Waals surface area contributed by atoms with Crippen LogP contribution in [0, 0.1) is 17.2 Å². The van der Waals surface area contributed by atoms with Gasteiger partial charge in [0.2, 0.25) is 12.3 Å². The molecule has 0 aromatic heterocycles. The quantitative estimate of drug-likeness (QED) is 0.144. The van der Waals surface area contributed by atoms with Gasteiger partial charge in [-0.05, 0) is 87.0 Å². The van der Waals surface area contributed by atoms with Crippen LogP contribution in [0.3, 0.4) is 0 Å². The Kier molecular flexibility index (Phi) is 11.1. The van der Waals surface area contributed by atoms with Crippen molar-refractivity contribution in [2.24, 2.45) is 22.6 Å². The first kappa shape index (κ1) is 37.2. The Hall–Kier alpha value is -5.08. The SMILES string of the molecule is CCCC(C(=O)NC=O)N1C(=O)c2ccc(N3CCC(CN4CCC(CN5CCN6/C(=C/C(=N)c7ccccc7O)C(N)=NCC6C5)CC4)C3)cc2C1=O. The van der Waals surface area contributed by atoms with E-state index in [9.17, 15) is 24.3 Å². The number of nitrogens with one attached hydrogen (secondary N) is 2. The summed E-state index contributed by atoms with van der Waals surface area (Å²) in [5.74, 6) is 0.0398. The number of phenols is 1. The van der Waals surface area contributed by atoms with Crippen LogP contribution in [-0.2, 0) is 9.59 Å². The monoisotopic (exact) mass is 737 g/mol. The number of anilines is 1. The van der Waals surface area contributed by atoms with Crippen LogP contribution in [0.15, 0.2) is 59.2 Å². The lowest BCUT2D eigenvalue weighted by Crippen LogP contribution is -2.58. The smallest absolute Gasteiger partial charge is 0.262 e. The number of aliphatic imine (C=N–C) groups is 1. The molecule has 14 heteroatoms. The summed E-state index contributed by atoms with van der Waals surface area (Å²) in [5, 5.41) is 21.0. The summed E-state index contributed by atoms with van der Waals surface area (Å²) >= 11 is 0. The molecule has 7 rings (SSSR count). The van der Waals surface area contributed by atoms with Gasteiger partial charge in [-0.1, -0.05) is 25.5 Å². The molecule has 0 aliphatic carbocycles. The molecule has 5 N–H and O–H groups in total. The zero-order valence-corrected chi connectivity index (χ0v) is 31.0. The molecule has 0 bridgehead atoms. The van der Waals surface area contributed by atoms with Crippen molar-refractivity contribution >= 4 is 41.4 Å². The number of piperidine rings is 1. The van der Waals surface area contributed by atoms with Gasteiger partial charge in [0.15, 0.2) is 0 Å². The van der Waals surface area contributed by atoms with E-state index in [1.807, 2.05) is 19.1 Å². The van der Waals surface area contributed by atoms with Crippen molar-refractivity contribution in [3.63, 3.8) is 0 Å². The normalized spacial score (nSPS) is 23.7. The largest absolute Gasteiger partial charge is 0.507 e. The molecule has 3 unspecified atom stereocenters. The van der Waals surface area contributed by atoms with E-state index in [0.717, 1.165) is 94.4 Å². The van der Waals surface area contributed by atoms with Gasteiger partial charge in [-0.3, -0.25) is 39.3 Å². The Bertz CT molecular complexity index is 1850. The van der Waals surface area contributed by atoms with Crippen molar-refractivity contribution in [3.8, 4) is 5.75 Å². The summed E-state index contributed by atoms with van der Waals surface area (Å²) in [6.07, 6.45) is 6.26. The van der Waals surface area contributed by atoms with E-state index in [2.05, 4.69) is 29.9 Å². The Labute approximate surface area is 316 Å². The second kappa shape index (κ2) is 16.1. The van der Waals surface area contributed by atoms with Gasteiger partial charge in [0.05, 0.1) is 35.1 Å². The predicted molar refractivity (Wildman–Crippen MR) is 206 cm³/mol. The van der Waals surface area contributed by atoms with Crippen LogP contribution in [0.5, 0.6) is 5.75 Å². The number of carbonyl (C=O) groups excluding carboxylic acids is 4. The van der Waals surface area contributed by atoms with Crippen LogP contribution < -0.4 is 16.0 Å². The summed E-state index contributed by atoms with van der Waals surface area (Å²) in [7, 11) is 0. The Morgan fingerprint density at radius 2 is 1.72 bits per heavy atom. The lowest BCUT2D eigenvalue weighted by atomic mass is 9.94. The van der Waals surface area contributed by atoms with Gasteiger partial charge in [-0.2, -0.15) is 0 Å². The van der Waals surface area contributed by atoms with E-state index in [4.69, 9.17) is 11.1 Å². The molecule has 4 amide bonds. The topological polar surface area (TPSA) is 179 Å². The van der Waals surface area contributed by atoms with Crippen LogP contribution in [0.2, 0.25) is 0 Å². The highest BCUT2D eigenvalue weighted by molar-refractivity contribution is 6.23. The fourth-order valence-electron chi connectivity index (χ4n) is 8.89. The average molecular weight is 738 g/mol.